The smallest absolute Gasteiger partial charge is 0.350 e. The quantitative estimate of drug-likeness (QED) is 0.639. The van der Waals surface area contributed by atoms with Crippen LogP contribution in [0.2, 0.25) is 0 Å². The van der Waals surface area contributed by atoms with E-state index in [9.17, 15) is 4.79 Å². The van der Waals surface area contributed by atoms with Crippen LogP contribution >= 0.6 is 27.3 Å². The molecule has 2 heterocycles. The van der Waals surface area contributed by atoms with Gasteiger partial charge in [-0.05, 0) is 19.1 Å². The minimum absolute atomic E-state index is 0.327. The zero-order valence-corrected chi connectivity index (χ0v) is 12.1. The molecular weight excluding hydrogens is 316 g/mol. The van der Waals surface area contributed by atoms with Crippen LogP contribution in [-0.4, -0.2) is 22.5 Å². The van der Waals surface area contributed by atoms with E-state index in [-0.39, 0.29) is 5.97 Å². The van der Waals surface area contributed by atoms with Gasteiger partial charge in [0.05, 0.1) is 18.0 Å². The third kappa shape index (κ3) is 2.76. The Hall–Kier alpha value is -1.27. The van der Waals surface area contributed by atoms with Gasteiger partial charge in [-0.25, -0.2) is 9.78 Å². The molecule has 4 nitrogen and oxygen atoms in total. The van der Waals surface area contributed by atoms with E-state index < -0.39 is 0 Å². The van der Waals surface area contributed by atoms with Crippen LogP contribution in [0.4, 0.5) is 0 Å². The molecule has 0 spiro atoms. The molecule has 0 aliphatic carbocycles. The van der Waals surface area contributed by atoms with E-state index in [1.807, 2.05) is 18.2 Å². The summed E-state index contributed by atoms with van der Waals surface area (Å²) < 4.78 is 5.01. The number of nitrogens with zero attached hydrogens (tertiary/aromatic N) is 2. The lowest BCUT2D eigenvalue weighted by molar-refractivity contribution is 0.0531. The van der Waals surface area contributed by atoms with Crippen molar-refractivity contribution in [3.63, 3.8) is 0 Å². The molecule has 6 heteroatoms. The molecule has 0 bridgehead atoms. The second-order valence-corrected chi connectivity index (χ2v) is 4.92. The summed E-state index contributed by atoms with van der Waals surface area (Å²) in [7, 11) is 0. The van der Waals surface area contributed by atoms with E-state index in [4.69, 9.17) is 4.74 Å². The highest BCUT2D eigenvalue weighted by Crippen LogP contribution is 2.28. The van der Waals surface area contributed by atoms with Crippen LogP contribution in [0.1, 0.15) is 22.3 Å². The average Bonchev–Trinajstić information content (AvgIpc) is 2.84. The minimum Gasteiger partial charge on any atom is -0.462 e. The van der Waals surface area contributed by atoms with Crippen molar-refractivity contribution in [1.29, 1.82) is 0 Å². The van der Waals surface area contributed by atoms with E-state index in [1.165, 1.54) is 11.3 Å². The van der Waals surface area contributed by atoms with Crippen molar-refractivity contribution in [2.45, 2.75) is 12.3 Å². The normalized spacial score (nSPS) is 10.3. The third-order valence-electron chi connectivity index (χ3n) is 2.17. The number of hydrogen-bond donors (Lipinski definition) is 0. The lowest BCUT2D eigenvalue weighted by Crippen LogP contribution is -2.04. The number of alkyl halides is 1. The molecule has 2 aromatic heterocycles. The molecule has 0 N–H and O–H groups in total. The molecule has 0 aliphatic heterocycles. The van der Waals surface area contributed by atoms with Crippen molar-refractivity contribution in [2.75, 3.05) is 6.61 Å². The highest BCUT2D eigenvalue weighted by Gasteiger charge is 2.19. The number of carbonyl (C=O) groups excluding carboxylic acids is 1. The Morgan fingerprint density at radius 3 is 2.94 bits per heavy atom. The van der Waals surface area contributed by atoms with Gasteiger partial charge in [-0.15, -0.1) is 11.3 Å². The van der Waals surface area contributed by atoms with Gasteiger partial charge >= 0.3 is 5.97 Å². The van der Waals surface area contributed by atoms with Crippen LogP contribution in [0, 0.1) is 0 Å². The number of halogens is 1. The second-order valence-electron chi connectivity index (χ2n) is 3.36. The predicted octanol–water partition coefficient (Wildman–Crippen LogP) is 3.28. The number of thiazole rings is 1. The Labute approximate surface area is 117 Å². The van der Waals surface area contributed by atoms with Gasteiger partial charge in [0.1, 0.15) is 9.88 Å². The molecule has 0 aliphatic rings. The van der Waals surface area contributed by atoms with E-state index in [0.29, 0.717) is 22.5 Å². The van der Waals surface area contributed by atoms with Crippen LogP contribution in [0.3, 0.4) is 0 Å². The number of pyridine rings is 1. The van der Waals surface area contributed by atoms with Gasteiger partial charge in [0.2, 0.25) is 0 Å². The molecule has 0 saturated carbocycles. The van der Waals surface area contributed by atoms with Crippen molar-refractivity contribution in [2.24, 2.45) is 0 Å². The van der Waals surface area contributed by atoms with Crippen molar-refractivity contribution in [1.82, 2.24) is 9.97 Å². The molecule has 18 heavy (non-hydrogen) atoms. The summed E-state index contributed by atoms with van der Waals surface area (Å²) in [6, 6.07) is 5.60. The van der Waals surface area contributed by atoms with Crippen LogP contribution in [-0.2, 0) is 10.1 Å². The van der Waals surface area contributed by atoms with Crippen molar-refractivity contribution < 1.29 is 9.53 Å². The first-order valence-electron chi connectivity index (χ1n) is 5.40. The fraction of sp³-hybridized carbons (Fsp3) is 0.250. The number of hydrogen-bond acceptors (Lipinski definition) is 5. The maximum absolute atomic E-state index is 11.8. The molecule has 2 aromatic rings. The van der Waals surface area contributed by atoms with Crippen molar-refractivity contribution >= 4 is 33.2 Å². The molecule has 0 amide bonds. The lowest BCUT2D eigenvalue weighted by atomic mass is 10.3. The van der Waals surface area contributed by atoms with Gasteiger partial charge in [-0.2, -0.15) is 0 Å². The summed E-state index contributed by atoms with van der Waals surface area (Å²) in [5.41, 5.74) is 1.46. The number of rotatable bonds is 4. The monoisotopic (exact) mass is 326 g/mol. The van der Waals surface area contributed by atoms with Gasteiger partial charge < -0.3 is 4.74 Å². The minimum atomic E-state index is -0.327. The standard InChI is InChI=1S/C12H11BrN2O2S/c1-2-17-12(16)10-9(7-13)15-11(18-10)8-5-3-4-6-14-8/h3-6H,2,7H2,1H3. The van der Waals surface area contributed by atoms with Crippen LogP contribution in [0.15, 0.2) is 24.4 Å². The predicted molar refractivity (Wildman–Crippen MR) is 73.9 cm³/mol. The van der Waals surface area contributed by atoms with Gasteiger partial charge in [0, 0.05) is 11.5 Å². The molecule has 0 atom stereocenters. The maximum atomic E-state index is 11.8. The zero-order valence-electron chi connectivity index (χ0n) is 9.72. The van der Waals surface area contributed by atoms with Gasteiger partial charge in [-0.1, -0.05) is 22.0 Å². The first-order chi connectivity index (χ1) is 8.76. The summed E-state index contributed by atoms with van der Waals surface area (Å²) in [6.45, 7) is 2.14. The third-order valence-corrected chi connectivity index (χ3v) is 3.80. The van der Waals surface area contributed by atoms with E-state index in [1.54, 1.807) is 13.1 Å². The number of aromatic nitrogens is 2. The molecule has 2 rings (SSSR count). The largest absolute Gasteiger partial charge is 0.462 e. The summed E-state index contributed by atoms with van der Waals surface area (Å²) in [5, 5.41) is 1.25. The van der Waals surface area contributed by atoms with E-state index in [2.05, 4.69) is 25.9 Å². The summed E-state index contributed by atoms with van der Waals surface area (Å²) >= 11 is 4.64. The highest BCUT2D eigenvalue weighted by molar-refractivity contribution is 9.08. The molecule has 0 aromatic carbocycles. The molecular formula is C12H11BrN2O2S. The highest BCUT2D eigenvalue weighted by atomic mass is 79.9. The topological polar surface area (TPSA) is 52.1 Å². The maximum Gasteiger partial charge on any atom is 0.350 e. The molecule has 94 valence electrons. The van der Waals surface area contributed by atoms with Gasteiger partial charge in [-0.3, -0.25) is 4.98 Å². The van der Waals surface area contributed by atoms with Crippen molar-refractivity contribution in [3.05, 3.63) is 35.0 Å². The first-order valence-corrected chi connectivity index (χ1v) is 7.34. The van der Waals surface area contributed by atoms with Crippen LogP contribution < -0.4 is 0 Å². The molecule has 0 saturated heterocycles. The second kappa shape index (κ2) is 6.06. The fourth-order valence-electron chi connectivity index (χ4n) is 1.40. The Kier molecular flexibility index (Phi) is 4.43. The van der Waals surface area contributed by atoms with Gasteiger partial charge in [0.15, 0.2) is 0 Å². The van der Waals surface area contributed by atoms with E-state index in [0.717, 1.165) is 10.7 Å². The SMILES string of the molecule is CCOC(=O)c1sc(-c2ccccn2)nc1CBr. The Morgan fingerprint density at radius 1 is 1.50 bits per heavy atom. The lowest BCUT2D eigenvalue weighted by Gasteiger charge is -1.98. The number of esters is 1. The Bertz CT molecular complexity index is 542. The Morgan fingerprint density at radius 2 is 2.33 bits per heavy atom. The zero-order chi connectivity index (χ0) is 13.0. The Balaban J connectivity index is 2.38. The number of carbonyl (C=O) groups is 1. The molecule has 0 fully saturated rings. The van der Waals surface area contributed by atoms with Gasteiger partial charge in [0.25, 0.3) is 0 Å². The first kappa shape index (κ1) is 13.2. The molecule has 0 radical (unpaired) electrons. The average molecular weight is 327 g/mol. The summed E-state index contributed by atoms with van der Waals surface area (Å²) in [4.78, 5) is 20.9. The van der Waals surface area contributed by atoms with Crippen LogP contribution in [0.5, 0.6) is 0 Å². The van der Waals surface area contributed by atoms with Crippen molar-refractivity contribution in [3.8, 4) is 10.7 Å². The molecule has 0 unspecified atom stereocenters. The summed E-state index contributed by atoms with van der Waals surface area (Å²) in [5.74, 6) is -0.327. The number of ether oxygens (including phenoxy) is 1. The fourth-order valence-corrected chi connectivity index (χ4v) is 2.94. The summed E-state index contributed by atoms with van der Waals surface area (Å²) in [6.07, 6.45) is 1.70. The van der Waals surface area contributed by atoms with Crippen LogP contribution in [0.25, 0.3) is 10.7 Å². The van der Waals surface area contributed by atoms with E-state index >= 15 is 0 Å².